The Bertz CT molecular complexity index is 1790. The van der Waals surface area contributed by atoms with Crippen molar-refractivity contribution in [2.45, 2.75) is 30.0 Å². The third-order valence-corrected chi connectivity index (χ3v) is 9.97. The highest BCUT2D eigenvalue weighted by Gasteiger charge is 2.56. The van der Waals surface area contributed by atoms with E-state index in [1.807, 2.05) is 38.1 Å². The predicted octanol–water partition coefficient (Wildman–Crippen LogP) is 5.61. The van der Waals surface area contributed by atoms with Crippen LogP contribution in [0, 0.1) is 12.8 Å². The molecule has 6 rings (SSSR count). The molecule has 220 valence electrons. The number of benzene rings is 3. The van der Waals surface area contributed by atoms with Gasteiger partial charge in [0.25, 0.3) is 5.91 Å². The third-order valence-electron chi connectivity index (χ3n) is 7.31. The minimum Gasteiger partial charge on any atom is -0.490 e. The molecule has 43 heavy (non-hydrogen) atoms. The van der Waals surface area contributed by atoms with Crippen molar-refractivity contribution in [2.75, 3.05) is 23.4 Å². The van der Waals surface area contributed by atoms with Gasteiger partial charge in [-0.15, -0.1) is 0 Å². The number of thiazole rings is 1. The number of anilines is 2. The van der Waals surface area contributed by atoms with Crippen molar-refractivity contribution in [2.24, 2.45) is 5.92 Å². The van der Waals surface area contributed by atoms with Gasteiger partial charge in [-0.3, -0.25) is 19.2 Å². The number of rotatable bonds is 8. The Kier molecular flexibility index (Phi) is 8.04. The Morgan fingerprint density at radius 1 is 1.00 bits per heavy atom. The lowest BCUT2D eigenvalue weighted by Gasteiger charge is -2.30. The largest absolute Gasteiger partial charge is 0.490 e. The number of imide groups is 1. The third kappa shape index (κ3) is 5.55. The second kappa shape index (κ2) is 11.9. The van der Waals surface area contributed by atoms with Gasteiger partial charge in [0.1, 0.15) is 5.25 Å². The maximum absolute atomic E-state index is 13.9. The number of ether oxygens (including phenoxy) is 2. The van der Waals surface area contributed by atoms with Gasteiger partial charge in [-0.1, -0.05) is 59.0 Å². The summed E-state index contributed by atoms with van der Waals surface area (Å²) in [6, 6.07) is 19.2. The Balaban J connectivity index is 1.32. The van der Waals surface area contributed by atoms with Gasteiger partial charge >= 0.3 is 4.87 Å². The Labute approximate surface area is 260 Å². The van der Waals surface area contributed by atoms with Gasteiger partial charge < -0.3 is 19.8 Å². The van der Waals surface area contributed by atoms with Crippen molar-refractivity contribution in [3.05, 3.63) is 97.4 Å². The first-order valence-corrected chi connectivity index (χ1v) is 15.6. The van der Waals surface area contributed by atoms with Crippen LogP contribution in [0.15, 0.2) is 76.6 Å². The fourth-order valence-electron chi connectivity index (χ4n) is 5.37. The molecular formula is C31H26ClN3O6S2. The SMILES string of the molecule is CCOc1cc([C@@H]2c3sc(=O)[nH]c3S[C@H]3C(=O)N(c4ccc(Cl)cc4)C(=O)[C@@H]23)ccc1OCC(=O)Nc1ccccc1C. The Hall–Kier alpha value is -4.06. The van der Waals surface area contributed by atoms with Gasteiger partial charge in [0.15, 0.2) is 18.1 Å². The molecule has 0 spiro atoms. The molecule has 1 saturated heterocycles. The summed E-state index contributed by atoms with van der Waals surface area (Å²) in [5.74, 6) is -1.64. The summed E-state index contributed by atoms with van der Waals surface area (Å²) in [5.41, 5.74) is 2.75. The topological polar surface area (TPSA) is 118 Å². The van der Waals surface area contributed by atoms with Gasteiger partial charge in [-0.25, -0.2) is 4.90 Å². The number of halogens is 1. The number of para-hydroxylation sites is 1. The number of hydrogen-bond donors (Lipinski definition) is 2. The number of thioether (sulfide) groups is 1. The molecule has 4 aromatic rings. The normalized spacial score (nSPS) is 19.1. The van der Waals surface area contributed by atoms with Gasteiger partial charge in [-0.05, 0) is 67.4 Å². The summed E-state index contributed by atoms with van der Waals surface area (Å²) in [6.07, 6.45) is 0. The molecule has 1 fully saturated rings. The minimum atomic E-state index is -0.756. The maximum Gasteiger partial charge on any atom is 0.305 e. The highest BCUT2D eigenvalue weighted by Crippen LogP contribution is 2.53. The number of amides is 3. The number of carbonyl (C=O) groups is 3. The zero-order valence-electron chi connectivity index (χ0n) is 23.1. The molecule has 3 amide bonds. The monoisotopic (exact) mass is 635 g/mol. The first-order chi connectivity index (χ1) is 20.7. The standard InChI is InChI=1S/C31H26ClN3O6S2/c1-3-40-22-14-17(8-13-21(22)41-15-23(36)33-20-7-5-4-6-16(20)2)24-25-27(42-28-26(24)43-31(39)34-28)30(38)35(29(25)37)19-11-9-18(32)10-12-19/h4-14,24-25,27H,3,15H2,1-2H3,(H,33,36)(H,34,39)/t24-,25-,27+/m0/s1. The average molecular weight is 636 g/mol. The van der Waals surface area contributed by atoms with E-state index in [1.165, 1.54) is 16.7 Å². The van der Waals surface area contributed by atoms with E-state index >= 15 is 0 Å². The molecule has 2 aliphatic rings. The molecule has 0 radical (unpaired) electrons. The fraction of sp³-hybridized carbons (Fsp3) is 0.226. The maximum atomic E-state index is 13.9. The molecule has 0 aliphatic carbocycles. The molecule has 3 atom stereocenters. The Morgan fingerprint density at radius 3 is 2.51 bits per heavy atom. The minimum absolute atomic E-state index is 0.245. The fourth-order valence-corrected chi connectivity index (χ4v) is 8.01. The smallest absolute Gasteiger partial charge is 0.305 e. The van der Waals surface area contributed by atoms with Crippen molar-refractivity contribution < 1.29 is 23.9 Å². The quantitative estimate of drug-likeness (QED) is 0.242. The molecule has 12 heteroatoms. The van der Waals surface area contributed by atoms with Crippen LogP contribution in [0.1, 0.15) is 28.8 Å². The molecule has 0 unspecified atom stereocenters. The molecule has 2 aliphatic heterocycles. The van der Waals surface area contributed by atoms with E-state index in [-0.39, 0.29) is 29.2 Å². The van der Waals surface area contributed by atoms with E-state index in [0.717, 1.165) is 16.9 Å². The summed E-state index contributed by atoms with van der Waals surface area (Å²) in [7, 11) is 0. The van der Waals surface area contributed by atoms with Crippen LogP contribution in [-0.2, 0) is 14.4 Å². The number of nitrogens with one attached hydrogen (secondary N) is 2. The summed E-state index contributed by atoms with van der Waals surface area (Å²) in [4.78, 5) is 57.1. The number of H-pyrrole nitrogens is 1. The molecule has 2 N–H and O–H groups in total. The number of hydrogen-bond acceptors (Lipinski definition) is 8. The number of aromatic amines is 1. The average Bonchev–Trinajstić information content (AvgIpc) is 3.48. The molecule has 3 aromatic carbocycles. The number of nitrogens with zero attached hydrogens (tertiary/aromatic N) is 1. The number of carbonyl (C=O) groups excluding carboxylic acids is 3. The lowest BCUT2D eigenvalue weighted by molar-refractivity contribution is -0.122. The van der Waals surface area contributed by atoms with E-state index in [9.17, 15) is 19.2 Å². The molecule has 0 saturated carbocycles. The van der Waals surface area contributed by atoms with E-state index in [0.29, 0.717) is 50.0 Å². The number of fused-ring (bicyclic) bond motifs is 2. The van der Waals surface area contributed by atoms with Crippen molar-refractivity contribution in [3.8, 4) is 11.5 Å². The van der Waals surface area contributed by atoms with Crippen LogP contribution in [0.3, 0.4) is 0 Å². The molecule has 9 nitrogen and oxygen atoms in total. The van der Waals surface area contributed by atoms with Crippen molar-refractivity contribution in [3.63, 3.8) is 0 Å². The highest BCUT2D eigenvalue weighted by atomic mass is 35.5. The Morgan fingerprint density at radius 2 is 1.77 bits per heavy atom. The summed E-state index contributed by atoms with van der Waals surface area (Å²) in [6.45, 7) is 3.81. The second-order valence-electron chi connectivity index (χ2n) is 10.0. The molecular weight excluding hydrogens is 610 g/mol. The summed E-state index contributed by atoms with van der Waals surface area (Å²) >= 11 is 8.28. The first-order valence-electron chi connectivity index (χ1n) is 13.5. The lowest BCUT2D eigenvalue weighted by Crippen LogP contribution is -2.32. The van der Waals surface area contributed by atoms with E-state index < -0.39 is 17.1 Å². The van der Waals surface area contributed by atoms with E-state index in [4.69, 9.17) is 21.1 Å². The number of aromatic nitrogens is 1. The van der Waals surface area contributed by atoms with Gasteiger partial charge in [0.05, 0.1) is 23.2 Å². The zero-order chi connectivity index (χ0) is 30.2. The van der Waals surface area contributed by atoms with Crippen LogP contribution in [0.5, 0.6) is 11.5 Å². The summed E-state index contributed by atoms with van der Waals surface area (Å²) in [5, 5.41) is 3.18. The molecule has 1 aromatic heterocycles. The van der Waals surface area contributed by atoms with Gasteiger partial charge in [0.2, 0.25) is 11.8 Å². The van der Waals surface area contributed by atoms with E-state index in [1.54, 1.807) is 42.5 Å². The van der Waals surface area contributed by atoms with Crippen LogP contribution in [0.25, 0.3) is 0 Å². The highest BCUT2D eigenvalue weighted by molar-refractivity contribution is 8.00. The van der Waals surface area contributed by atoms with Gasteiger partial charge in [0, 0.05) is 21.5 Å². The van der Waals surface area contributed by atoms with Gasteiger partial charge in [-0.2, -0.15) is 0 Å². The van der Waals surface area contributed by atoms with Crippen LogP contribution in [0.4, 0.5) is 11.4 Å². The van der Waals surface area contributed by atoms with Crippen LogP contribution in [0.2, 0.25) is 5.02 Å². The predicted molar refractivity (Wildman–Crippen MR) is 167 cm³/mol. The second-order valence-corrected chi connectivity index (χ2v) is 12.6. The van der Waals surface area contributed by atoms with Crippen molar-refractivity contribution in [1.82, 2.24) is 4.98 Å². The summed E-state index contributed by atoms with van der Waals surface area (Å²) < 4.78 is 11.7. The zero-order valence-corrected chi connectivity index (χ0v) is 25.5. The number of aryl methyl sites for hydroxylation is 1. The lowest BCUT2D eigenvalue weighted by atomic mass is 9.83. The molecule has 0 bridgehead atoms. The van der Waals surface area contributed by atoms with E-state index in [2.05, 4.69) is 10.3 Å². The first kappa shape index (κ1) is 29.0. The van der Waals surface area contributed by atoms with Crippen LogP contribution in [-0.4, -0.2) is 41.2 Å². The van der Waals surface area contributed by atoms with Crippen LogP contribution < -0.4 is 24.6 Å². The molecule has 3 heterocycles. The van der Waals surface area contributed by atoms with Crippen molar-refractivity contribution in [1.29, 1.82) is 0 Å². The van der Waals surface area contributed by atoms with Crippen molar-refractivity contribution >= 4 is 63.8 Å². The van der Waals surface area contributed by atoms with Crippen LogP contribution >= 0.6 is 34.7 Å².